The van der Waals surface area contributed by atoms with E-state index in [1.54, 1.807) is 12.4 Å². The predicted octanol–water partition coefficient (Wildman–Crippen LogP) is 3.40. The number of hydrogen-bond donors (Lipinski definition) is 1. The summed E-state index contributed by atoms with van der Waals surface area (Å²) in [5.41, 5.74) is 6.41. The maximum Gasteiger partial charge on any atom is 0.225 e. The highest BCUT2D eigenvalue weighted by molar-refractivity contribution is 5.81. The topological polar surface area (TPSA) is 56.0 Å². The van der Waals surface area contributed by atoms with Crippen LogP contribution in [-0.4, -0.2) is 10.9 Å². The van der Waals surface area contributed by atoms with Gasteiger partial charge in [-0.2, -0.15) is 0 Å². The second-order valence-corrected chi connectivity index (χ2v) is 4.80. The molecule has 100 valence electrons. The number of primary amides is 1. The Morgan fingerprint density at radius 3 is 2.61 bits per heavy atom. The Morgan fingerprint density at radius 1 is 1.28 bits per heavy atom. The van der Waals surface area contributed by atoms with Crippen LogP contribution in [0.4, 0.5) is 0 Å². The van der Waals surface area contributed by atoms with Crippen molar-refractivity contribution in [1.82, 2.24) is 4.98 Å². The minimum atomic E-state index is -0.239. The van der Waals surface area contributed by atoms with E-state index in [-0.39, 0.29) is 11.8 Å². The van der Waals surface area contributed by atoms with Crippen molar-refractivity contribution >= 4 is 5.91 Å². The van der Waals surface area contributed by atoms with Crippen LogP contribution < -0.4 is 5.73 Å². The molecular formula is C15H24N2O. The van der Waals surface area contributed by atoms with Crippen molar-refractivity contribution in [1.29, 1.82) is 0 Å². The smallest absolute Gasteiger partial charge is 0.225 e. The van der Waals surface area contributed by atoms with Gasteiger partial charge in [0.2, 0.25) is 5.91 Å². The zero-order valence-corrected chi connectivity index (χ0v) is 11.3. The molecule has 0 aliphatic carbocycles. The monoisotopic (exact) mass is 248 g/mol. The minimum Gasteiger partial charge on any atom is -0.369 e. The molecule has 1 amide bonds. The van der Waals surface area contributed by atoms with Crippen LogP contribution in [0.5, 0.6) is 0 Å². The normalized spacial score (nSPS) is 12.3. The Balaban J connectivity index is 2.34. The Bertz CT molecular complexity index is 338. The summed E-state index contributed by atoms with van der Waals surface area (Å²) >= 11 is 0. The number of rotatable bonds is 9. The number of carbonyl (C=O) groups is 1. The largest absolute Gasteiger partial charge is 0.369 e. The van der Waals surface area contributed by atoms with Crippen molar-refractivity contribution in [3.63, 3.8) is 0 Å². The third kappa shape index (κ3) is 5.30. The quantitative estimate of drug-likeness (QED) is 0.681. The van der Waals surface area contributed by atoms with Crippen molar-refractivity contribution in [2.75, 3.05) is 0 Å². The molecule has 0 aliphatic rings. The molecule has 1 aromatic heterocycles. The molecule has 1 rings (SSSR count). The highest BCUT2D eigenvalue weighted by atomic mass is 16.1. The molecule has 1 heterocycles. The second-order valence-electron chi connectivity index (χ2n) is 4.80. The van der Waals surface area contributed by atoms with Gasteiger partial charge in [-0.05, 0) is 18.1 Å². The fourth-order valence-electron chi connectivity index (χ4n) is 2.18. The van der Waals surface area contributed by atoms with Crippen LogP contribution in [0, 0.1) is 0 Å². The fraction of sp³-hybridized carbons (Fsp3) is 0.600. The molecule has 0 spiro atoms. The lowest BCUT2D eigenvalue weighted by atomic mass is 9.93. The first-order valence-electron chi connectivity index (χ1n) is 6.95. The van der Waals surface area contributed by atoms with Crippen LogP contribution >= 0.6 is 0 Å². The number of carbonyl (C=O) groups excluding carboxylic acids is 1. The van der Waals surface area contributed by atoms with Gasteiger partial charge in [0.05, 0.1) is 5.92 Å². The van der Waals surface area contributed by atoms with Gasteiger partial charge in [-0.15, -0.1) is 0 Å². The lowest BCUT2D eigenvalue weighted by Gasteiger charge is -2.12. The maximum atomic E-state index is 11.5. The average Bonchev–Trinajstić information content (AvgIpc) is 2.38. The predicted molar refractivity (Wildman–Crippen MR) is 74.2 cm³/mol. The molecule has 0 radical (unpaired) electrons. The first-order chi connectivity index (χ1) is 8.75. The van der Waals surface area contributed by atoms with Crippen LogP contribution in [0.25, 0.3) is 0 Å². The summed E-state index contributed by atoms with van der Waals surface area (Å²) in [5, 5.41) is 0. The number of nitrogens with two attached hydrogens (primary N) is 1. The van der Waals surface area contributed by atoms with Gasteiger partial charge in [0, 0.05) is 12.4 Å². The van der Waals surface area contributed by atoms with Crippen LogP contribution in [0.3, 0.4) is 0 Å². The molecule has 0 bridgehead atoms. The zero-order valence-electron chi connectivity index (χ0n) is 11.3. The van der Waals surface area contributed by atoms with Gasteiger partial charge in [-0.3, -0.25) is 9.78 Å². The van der Waals surface area contributed by atoms with E-state index in [1.807, 2.05) is 12.1 Å². The van der Waals surface area contributed by atoms with Crippen molar-refractivity contribution in [3.8, 4) is 0 Å². The Morgan fingerprint density at radius 2 is 2.00 bits per heavy atom. The summed E-state index contributed by atoms with van der Waals surface area (Å²) in [7, 11) is 0. The molecule has 0 aromatic carbocycles. The molecule has 3 nitrogen and oxygen atoms in total. The van der Waals surface area contributed by atoms with Crippen molar-refractivity contribution in [2.24, 2.45) is 5.73 Å². The molecule has 3 heteroatoms. The van der Waals surface area contributed by atoms with Gasteiger partial charge in [0.25, 0.3) is 0 Å². The molecule has 1 aromatic rings. The number of aromatic nitrogens is 1. The van der Waals surface area contributed by atoms with E-state index in [4.69, 9.17) is 5.73 Å². The van der Waals surface area contributed by atoms with E-state index in [1.165, 1.54) is 32.1 Å². The van der Waals surface area contributed by atoms with E-state index in [9.17, 15) is 4.79 Å². The van der Waals surface area contributed by atoms with Crippen LogP contribution in [0.2, 0.25) is 0 Å². The van der Waals surface area contributed by atoms with E-state index < -0.39 is 0 Å². The standard InChI is InChI=1S/C15H24N2O/c1-2-3-4-5-6-7-10-14(15(16)18)13-9-8-11-17-12-13/h8-9,11-12,14H,2-7,10H2,1H3,(H2,16,18). The van der Waals surface area contributed by atoms with Gasteiger partial charge in [0.1, 0.15) is 0 Å². The van der Waals surface area contributed by atoms with Crippen molar-refractivity contribution < 1.29 is 4.79 Å². The molecule has 1 atom stereocenters. The van der Waals surface area contributed by atoms with E-state index >= 15 is 0 Å². The van der Waals surface area contributed by atoms with Crippen molar-refractivity contribution in [3.05, 3.63) is 30.1 Å². The lowest BCUT2D eigenvalue weighted by molar-refractivity contribution is -0.119. The van der Waals surface area contributed by atoms with E-state index in [0.717, 1.165) is 18.4 Å². The highest BCUT2D eigenvalue weighted by Crippen LogP contribution is 2.21. The summed E-state index contributed by atoms with van der Waals surface area (Å²) in [4.78, 5) is 15.5. The fourth-order valence-corrected chi connectivity index (χ4v) is 2.18. The summed E-state index contributed by atoms with van der Waals surface area (Å²) in [6.45, 7) is 2.21. The zero-order chi connectivity index (χ0) is 13.2. The van der Waals surface area contributed by atoms with Gasteiger partial charge in [-0.25, -0.2) is 0 Å². The molecule has 2 N–H and O–H groups in total. The number of hydrogen-bond acceptors (Lipinski definition) is 2. The van der Waals surface area contributed by atoms with Crippen LogP contribution in [0.15, 0.2) is 24.5 Å². The third-order valence-corrected chi connectivity index (χ3v) is 3.28. The molecule has 1 unspecified atom stereocenters. The molecule has 0 saturated heterocycles. The molecule has 18 heavy (non-hydrogen) atoms. The van der Waals surface area contributed by atoms with Crippen LogP contribution in [-0.2, 0) is 4.79 Å². The summed E-state index contributed by atoms with van der Waals surface area (Å²) in [5.74, 6) is -0.415. The first-order valence-corrected chi connectivity index (χ1v) is 6.95. The molecule has 0 aliphatic heterocycles. The Kier molecular flexibility index (Phi) is 7.07. The van der Waals surface area contributed by atoms with E-state index in [2.05, 4.69) is 11.9 Å². The van der Waals surface area contributed by atoms with Gasteiger partial charge >= 0.3 is 0 Å². The lowest BCUT2D eigenvalue weighted by Crippen LogP contribution is -2.21. The molecular weight excluding hydrogens is 224 g/mol. The minimum absolute atomic E-state index is 0.176. The van der Waals surface area contributed by atoms with Gasteiger partial charge < -0.3 is 5.73 Å². The highest BCUT2D eigenvalue weighted by Gasteiger charge is 2.17. The summed E-state index contributed by atoms with van der Waals surface area (Å²) in [6, 6.07) is 3.78. The summed E-state index contributed by atoms with van der Waals surface area (Å²) in [6.07, 6.45) is 11.7. The first kappa shape index (κ1) is 14.7. The van der Waals surface area contributed by atoms with E-state index in [0.29, 0.717) is 0 Å². The SMILES string of the molecule is CCCCCCCCC(C(N)=O)c1cccnc1. The molecule has 0 fully saturated rings. The summed E-state index contributed by atoms with van der Waals surface area (Å²) < 4.78 is 0. The Labute approximate surface area is 110 Å². The third-order valence-electron chi connectivity index (χ3n) is 3.28. The van der Waals surface area contributed by atoms with Crippen LogP contribution in [0.1, 0.15) is 63.4 Å². The number of nitrogens with zero attached hydrogens (tertiary/aromatic N) is 1. The number of unbranched alkanes of at least 4 members (excludes halogenated alkanes) is 5. The van der Waals surface area contributed by atoms with Crippen molar-refractivity contribution in [2.45, 2.75) is 57.8 Å². The van der Waals surface area contributed by atoms with Gasteiger partial charge in [0.15, 0.2) is 0 Å². The number of pyridine rings is 1. The number of amides is 1. The second kappa shape index (κ2) is 8.67. The Hall–Kier alpha value is -1.38. The molecule has 0 saturated carbocycles. The maximum absolute atomic E-state index is 11.5. The van der Waals surface area contributed by atoms with Gasteiger partial charge in [-0.1, -0.05) is 51.5 Å². The average molecular weight is 248 g/mol.